The van der Waals surface area contributed by atoms with E-state index in [0.29, 0.717) is 7.18 Å². The number of nitrogens with one attached hydrogen (secondary N) is 1. The maximum atomic E-state index is 12.7. The van der Waals surface area contributed by atoms with Gasteiger partial charge in [-0.3, -0.25) is 9.18 Å². The zero-order valence-corrected chi connectivity index (χ0v) is 19.0. The van der Waals surface area contributed by atoms with Crippen molar-refractivity contribution in [3.8, 4) is 0 Å². The van der Waals surface area contributed by atoms with Crippen molar-refractivity contribution in [2.75, 3.05) is 7.18 Å². The van der Waals surface area contributed by atoms with Crippen molar-refractivity contribution in [3.05, 3.63) is 83.1 Å². The molecule has 0 saturated carbocycles. The number of carbonyl (C=O) groups is 1. The van der Waals surface area contributed by atoms with Gasteiger partial charge in [0.15, 0.2) is 0 Å². The second-order valence-corrected chi connectivity index (χ2v) is 8.42. The van der Waals surface area contributed by atoms with Crippen LogP contribution in [-0.4, -0.2) is 24.6 Å². The zero-order valence-electron chi connectivity index (χ0n) is 18.2. The lowest BCUT2D eigenvalue weighted by Gasteiger charge is -2.35. The van der Waals surface area contributed by atoms with Crippen LogP contribution in [0.4, 0.5) is 4.39 Å². The van der Waals surface area contributed by atoms with Gasteiger partial charge in [-0.2, -0.15) is 0 Å². The summed E-state index contributed by atoms with van der Waals surface area (Å²) in [4.78, 5) is 13.9. The number of fused-ring (bicyclic) bond motifs is 1. The van der Waals surface area contributed by atoms with E-state index in [1.165, 1.54) is 0 Å². The highest BCUT2D eigenvalue weighted by Crippen LogP contribution is 2.41. The fraction of sp³-hybridized carbons (Fsp3) is 0.400. The molecule has 0 aromatic rings. The molecule has 162 valence electrons. The Morgan fingerprint density at radius 3 is 2.87 bits per heavy atom. The molecule has 1 aliphatic heterocycles. The molecular formula is C25H32FNO2S. The van der Waals surface area contributed by atoms with Gasteiger partial charge in [0.1, 0.15) is 17.2 Å². The minimum atomic E-state index is -0.0555. The van der Waals surface area contributed by atoms with E-state index < -0.39 is 0 Å². The fourth-order valence-corrected chi connectivity index (χ4v) is 4.87. The molecule has 0 aromatic carbocycles. The van der Waals surface area contributed by atoms with Gasteiger partial charge in [0.05, 0.1) is 13.1 Å². The molecule has 1 amide bonds. The summed E-state index contributed by atoms with van der Waals surface area (Å²) in [5.74, 6) is 1.27. The normalized spacial score (nSPS) is 26.6. The molecule has 0 aromatic heterocycles. The van der Waals surface area contributed by atoms with Gasteiger partial charge in [-0.05, 0) is 37.0 Å². The van der Waals surface area contributed by atoms with Crippen LogP contribution in [0.25, 0.3) is 0 Å². The number of carbonyl (C=O) groups excluding carboxylic acids is 1. The number of hydrogen-bond donors (Lipinski definition) is 1. The Bertz CT molecular complexity index is 804. The molecular weight excluding hydrogens is 397 g/mol. The van der Waals surface area contributed by atoms with E-state index in [-0.39, 0.29) is 29.2 Å². The number of amides is 1. The van der Waals surface area contributed by atoms with Crippen molar-refractivity contribution >= 4 is 17.7 Å². The molecule has 3 nitrogen and oxygen atoms in total. The summed E-state index contributed by atoms with van der Waals surface area (Å²) in [5.41, 5.74) is 1.12. The zero-order chi connectivity index (χ0) is 21.9. The Balaban J connectivity index is 0.00000155. The van der Waals surface area contributed by atoms with Gasteiger partial charge in [0, 0.05) is 11.3 Å². The summed E-state index contributed by atoms with van der Waals surface area (Å²) in [6.45, 7) is 6.26. The third-order valence-corrected chi connectivity index (χ3v) is 6.20. The van der Waals surface area contributed by atoms with E-state index in [0.717, 1.165) is 29.1 Å². The highest BCUT2D eigenvalue weighted by atomic mass is 32.2. The van der Waals surface area contributed by atoms with Crippen LogP contribution in [0.2, 0.25) is 0 Å². The van der Waals surface area contributed by atoms with Crippen molar-refractivity contribution in [1.82, 2.24) is 5.32 Å². The molecule has 1 fully saturated rings. The third-order valence-electron chi connectivity index (χ3n) is 4.92. The van der Waals surface area contributed by atoms with Crippen LogP contribution in [0.5, 0.6) is 0 Å². The second kappa shape index (κ2) is 12.4. The lowest BCUT2D eigenvalue weighted by atomic mass is 9.88. The number of alkyl halides is 1. The predicted octanol–water partition coefficient (Wildman–Crippen LogP) is 6.16. The van der Waals surface area contributed by atoms with Crippen LogP contribution in [0.1, 0.15) is 33.6 Å². The Kier molecular flexibility index (Phi) is 9.95. The summed E-state index contributed by atoms with van der Waals surface area (Å²) in [6, 6.07) is 0. The Morgan fingerprint density at radius 1 is 1.30 bits per heavy atom. The molecule has 1 N–H and O–H groups in total. The lowest BCUT2D eigenvalue weighted by Crippen LogP contribution is -2.45. The maximum Gasteiger partial charge on any atom is 0.229 e. The van der Waals surface area contributed by atoms with E-state index >= 15 is 0 Å². The summed E-state index contributed by atoms with van der Waals surface area (Å²) >= 11 is 1.75. The SMILES string of the molecule is CC/C=C(\C=C/C(C)OC1=CC=CC=CC1)C1NC(=O)C2C(=CC=CC2C)S1.CF. The maximum absolute atomic E-state index is 12.7. The fourth-order valence-electron chi connectivity index (χ4n) is 3.48. The molecule has 30 heavy (non-hydrogen) atoms. The van der Waals surface area contributed by atoms with Crippen molar-refractivity contribution in [1.29, 1.82) is 0 Å². The van der Waals surface area contributed by atoms with Gasteiger partial charge in [-0.15, -0.1) is 0 Å². The van der Waals surface area contributed by atoms with Crippen LogP contribution < -0.4 is 5.32 Å². The molecule has 3 rings (SSSR count). The molecule has 3 aliphatic rings. The average Bonchev–Trinajstić information content (AvgIpc) is 3.01. The van der Waals surface area contributed by atoms with E-state index in [9.17, 15) is 9.18 Å². The molecule has 1 heterocycles. The first-order valence-corrected chi connectivity index (χ1v) is 11.3. The topological polar surface area (TPSA) is 38.3 Å². The number of hydrogen-bond acceptors (Lipinski definition) is 3. The van der Waals surface area contributed by atoms with Crippen LogP contribution in [0, 0.1) is 11.8 Å². The summed E-state index contributed by atoms with van der Waals surface area (Å²) in [7, 11) is 0.500. The minimum Gasteiger partial charge on any atom is -0.491 e. The molecule has 5 heteroatoms. The average molecular weight is 430 g/mol. The van der Waals surface area contributed by atoms with Gasteiger partial charge < -0.3 is 10.1 Å². The number of ether oxygens (including phenoxy) is 1. The van der Waals surface area contributed by atoms with Gasteiger partial charge >= 0.3 is 0 Å². The highest BCUT2D eigenvalue weighted by molar-refractivity contribution is 8.04. The van der Waals surface area contributed by atoms with E-state index in [1.807, 2.05) is 31.2 Å². The van der Waals surface area contributed by atoms with Crippen molar-refractivity contribution in [2.45, 2.75) is 45.1 Å². The minimum absolute atomic E-state index is 0.0414. The van der Waals surface area contributed by atoms with Crippen LogP contribution in [0.3, 0.4) is 0 Å². The molecule has 2 aliphatic carbocycles. The van der Waals surface area contributed by atoms with Crippen LogP contribution in [0.15, 0.2) is 83.1 Å². The highest BCUT2D eigenvalue weighted by Gasteiger charge is 2.37. The molecule has 4 unspecified atom stereocenters. The number of allylic oxidation sites excluding steroid dienone is 9. The predicted molar refractivity (Wildman–Crippen MR) is 125 cm³/mol. The molecule has 0 bridgehead atoms. The Labute approximate surface area is 184 Å². The van der Waals surface area contributed by atoms with E-state index in [2.05, 4.69) is 61.7 Å². The molecule has 0 radical (unpaired) electrons. The first-order chi connectivity index (χ1) is 14.6. The first-order valence-electron chi connectivity index (χ1n) is 10.4. The van der Waals surface area contributed by atoms with Crippen molar-refractivity contribution in [3.63, 3.8) is 0 Å². The molecule has 0 spiro atoms. The van der Waals surface area contributed by atoms with Crippen molar-refractivity contribution < 1.29 is 13.9 Å². The Hall–Kier alpha value is -2.27. The molecule has 1 saturated heterocycles. The van der Waals surface area contributed by atoms with E-state index in [1.54, 1.807) is 11.8 Å². The van der Waals surface area contributed by atoms with Crippen LogP contribution in [-0.2, 0) is 9.53 Å². The Morgan fingerprint density at radius 2 is 2.10 bits per heavy atom. The summed E-state index contributed by atoms with van der Waals surface area (Å²) in [6.07, 6.45) is 24.4. The van der Waals surface area contributed by atoms with Gasteiger partial charge in [-0.25, -0.2) is 0 Å². The largest absolute Gasteiger partial charge is 0.491 e. The van der Waals surface area contributed by atoms with Gasteiger partial charge in [0.2, 0.25) is 5.91 Å². The summed E-state index contributed by atoms with van der Waals surface area (Å²) in [5, 5.41) is 3.15. The monoisotopic (exact) mass is 429 g/mol. The standard InChI is InChI=1S/C24H29NO2S.CH3F/c1-4-10-19(16-15-18(3)27-20-12-7-5-6-8-13-20)24-25-23(26)22-17(2)11-9-14-21(22)28-24;1-2/h5-12,14-18,22,24H,4,13H2,1-3H3,(H,25,26);1H3/b16-15-,19-10+;. The van der Waals surface area contributed by atoms with E-state index in [4.69, 9.17) is 4.74 Å². The van der Waals surface area contributed by atoms with Crippen molar-refractivity contribution in [2.24, 2.45) is 11.8 Å². The summed E-state index contributed by atoms with van der Waals surface area (Å²) < 4.78 is 15.5. The number of thioether (sulfide) groups is 1. The third kappa shape index (κ3) is 6.63. The number of rotatable bonds is 6. The smallest absolute Gasteiger partial charge is 0.229 e. The number of halogens is 1. The lowest BCUT2D eigenvalue weighted by molar-refractivity contribution is -0.124. The quantitative estimate of drug-likeness (QED) is 0.514. The first kappa shape index (κ1) is 24.0. The second-order valence-electron chi connectivity index (χ2n) is 7.24. The van der Waals surface area contributed by atoms with Crippen LogP contribution >= 0.6 is 11.8 Å². The van der Waals surface area contributed by atoms with Gasteiger partial charge in [-0.1, -0.05) is 80.3 Å². The van der Waals surface area contributed by atoms with Gasteiger partial charge in [0.25, 0.3) is 0 Å². The molecule has 4 atom stereocenters.